The summed E-state index contributed by atoms with van der Waals surface area (Å²) in [6.45, 7) is 1.57. The summed E-state index contributed by atoms with van der Waals surface area (Å²) in [6.07, 6.45) is 3.96. The summed E-state index contributed by atoms with van der Waals surface area (Å²) < 4.78 is 24.4. The molecule has 0 fully saturated rings. The van der Waals surface area contributed by atoms with E-state index in [0.29, 0.717) is 6.42 Å². The molecule has 0 bridgehead atoms. The highest BCUT2D eigenvalue weighted by molar-refractivity contribution is 7.90. The van der Waals surface area contributed by atoms with Crippen molar-refractivity contribution < 1.29 is 8.42 Å². The molecule has 0 unspecified atom stereocenters. The Hall–Kier alpha value is -1.33. The number of hydrogen-bond donors (Lipinski definition) is 1. The molecular formula is C14H20N2O2S. The van der Waals surface area contributed by atoms with Gasteiger partial charge < -0.3 is 9.88 Å². The first-order chi connectivity index (χ1) is 8.99. The van der Waals surface area contributed by atoms with Crippen LogP contribution in [0.5, 0.6) is 0 Å². The molecule has 0 atom stereocenters. The molecule has 1 heterocycles. The van der Waals surface area contributed by atoms with Gasteiger partial charge in [-0.1, -0.05) is 12.1 Å². The minimum absolute atomic E-state index is 0.239. The average molecular weight is 280 g/mol. The van der Waals surface area contributed by atoms with Gasteiger partial charge in [0.15, 0.2) is 0 Å². The number of nitrogens with zero attached hydrogens (tertiary/aromatic N) is 1. The zero-order valence-corrected chi connectivity index (χ0v) is 12.2. The number of benzene rings is 1. The van der Waals surface area contributed by atoms with Crippen LogP contribution in [-0.4, -0.2) is 32.0 Å². The molecule has 1 aromatic carbocycles. The third-order valence-electron chi connectivity index (χ3n) is 3.13. The van der Waals surface area contributed by atoms with Crippen molar-refractivity contribution in [1.82, 2.24) is 9.88 Å². The Kier molecular flexibility index (Phi) is 4.27. The highest BCUT2D eigenvalue weighted by Gasteiger charge is 2.05. The third kappa shape index (κ3) is 3.81. The number of rotatable bonds is 6. The van der Waals surface area contributed by atoms with E-state index < -0.39 is 9.84 Å². The minimum atomic E-state index is -2.87. The molecule has 0 aliphatic rings. The molecule has 1 aromatic heterocycles. The van der Waals surface area contributed by atoms with Crippen molar-refractivity contribution in [3.8, 4) is 0 Å². The van der Waals surface area contributed by atoms with Crippen LogP contribution in [0.2, 0.25) is 0 Å². The minimum Gasteiger partial charge on any atom is -0.347 e. The molecule has 4 nitrogen and oxygen atoms in total. The van der Waals surface area contributed by atoms with E-state index in [-0.39, 0.29) is 5.75 Å². The van der Waals surface area contributed by atoms with Crippen LogP contribution in [0, 0.1) is 0 Å². The summed E-state index contributed by atoms with van der Waals surface area (Å²) in [7, 11) is -0.945. The van der Waals surface area contributed by atoms with Crippen LogP contribution in [0.4, 0.5) is 0 Å². The third-order valence-corrected chi connectivity index (χ3v) is 4.16. The van der Waals surface area contributed by atoms with Crippen LogP contribution < -0.4 is 5.32 Å². The Bertz CT molecular complexity index is 659. The Morgan fingerprint density at radius 3 is 2.74 bits per heavy atom. The van der Waals surface area contributed by atoms with Crippen molar-refractivity contribution in [3.05, 3.63) is 36.0 Å². The second-order valence-electron chi connectivity index (χ2n) is 4.92. The van der Waals surface area contributed by atoms with E-state index in [0.717, 1.165) is 13.1 Å². The molecule has 0 aliphatic carbocycles. The maximum Gasteiger partial charge on any atom is 0.147 e. The van der Waals surface area contributed by atoms with Crippen LogP contribution in [0.3, 0.4) is 0 Å². The van der Waals surface area contributed by atoms with Gasteiger partial charge in [0.1, 0.15) is 9.84 Å². The molecule has 0 amide bonds. The number of nitrogens with one attached hydrogen (secondary N) is 1. The van der Waals surface area contributed by atoms with Gasteiger partial charge in [-0.05, 0) is 36.6 Å². The first-order valence-electron chi connectivity index (χ1n) is 6.40. The Labute approximate surface area is 114 Å². The molecule has 0 radical (unpaired) electrons. The normalized spacial score (nSPS) is 12.1. The van der Waals surface area contributed by atoms with Gasteiger partial charge in [0.2, 0.25) is 0 Å². The number of sulfone groups is 1. The summed E-state index contributed by atoms with van der Waals surface area (Å²) in [6, 6.07) is 8.44. The van der Waals surface area contributed by atoms with E-state index in [1.807, 2.05) is 13.2 Å². The van der Waals surface area contributed by atoms with Crippen molar-refractivity contribution in [2.75, 3.05) is 19.1 Å². The first kappa shape index (κ1) is 14.1. The van der Waals surface area contributed by atoms with Gasteiger partial charge in [-0.2, -0.15) is 0 Å². The fraction of sp³-hybridized carbons (Fsp3) is 0.429. The van der Waals surface area contributed by atoms with E-state index in [1.54, 1.807) is 0 Å². The summed E-state index contributed by atoms with van der Waals surface area (Å²) in [5.41, 5.74) is 2.40. The molecule has 0 saturated carbocycles. The van der Waals surface area contributed by atoms with Crippen molar-refractivity contribution in [1.29, 1.82) is 0 Å². The van der Waals surface area contributed by atoms with E-state index in [1.165, 1.54) is 22.7 Å². The van der Waals surface area contributed by atoms with Gasteiger partial charge in [-0.3, -0.25) is 0 Å². The van der Waals surface area contributed by atoms with Crippen molar-refractivity contribution in [2.24, 2.45) is 0 Å². The van der Waals surface area contributed by atoms with Crippen LogP contribution in [0.1, 0.15) is 12.0 Å². The Morgan fingerprint density at radius 1 is 1.26 bits per heavy atom. The highest BCUT2D eigenvalue weighted by Crippen LogP contribution is 2.18. The van der Waals surface area contributed by atoms with Crippen LogP contribution in [-0.2, 0) is 22.9 Å². The van der Waals surface area contributed by atoms with Gasteiger partial charge in [-0.15, -0.1) is 0 Å². The smallest absolute Gasteiger partial charge is 0.147 e. The van der Waals surface area contributed by atoms with Crippen molar-refractivity contribution >= 4 is 20.7 Å². The SMILES string of the molecule is CNCc1ccc2ccn(CCCS(C)(=O)=O)c2c1. The second kappa shape index (κ2) is 5.75. The highest BCUT2D eigenvalue weighted by atomic mass is 32.2. The quantitative estimate of drug-likeness (QED) is 0.878. The van der Waals surface area contributed by atoms with Gasteiger partial charge in [-0.25, -0.2) is 8.42 Å². The van der Waals surface area contributed by atoms with E-state index >= 15 is 0 Å². The number of aryl methyl sites for hydroxylation is 1. The maximum atomic E-state index is 11.1. The largest absolute Gasteiger partial charge is 0.347 e. The molecule has 2 rings (SSSR count). The Morgan fingerprint density at radius 2 is 2.05 bits per heavy atom. The molecule has 0 saturated heterocycles. The summed E-state index contributed by atoms with van der Waals surface area (Å²) in [5.74, 6) is 0.239. The molecule has 0 aliphatic heterocycles. The van der Waals surface area contributed by atoms with Gasteiger partial charge >= 0.3 is 0 Å². The summed E-state index contributed by atoms with van der Waals surface area (Å²) >= 11 is 0. The zero-order chi connectivity index (χ0) is 13.9. The van der Waals surface area contributed by atoms with Gasteiger partial charge in [0, 0.05) is 31.1 Å². The van der Waals surface area contributed by atoms with Crippen LogP contribution in [0.25, 0.3) is 10.9 Å². The predicted molar refractivity (Wildman–Crippen MR) is 79.0 cm³/mol. The molecule has 104 valence electrons. The second-order valence-corrected chi connectivity index (χ2v) is 7.18. The van der Waals surface area contributed by atoms with Crippen LogP contribution >= 0.6 is 0 Å². The molecule has 5 heteroatoms. The van der Waals surface area contributed by atoms with E-state index in [9.17, 15) is 8.42 Å². The Balaban J connectivity index is 2.16. The first-order valence-corrected chi connectivity index (χ1v) is 8.46. The zero-order valence-electron chi connectivity index (χ0n) is 11.4. The van der Waals surface area contributed by atoms with Gasteiger partial charge in [0.25, 0.3) is 0 Å². The lowest BCUT2D eigenvalue weighted by Gasteiger charge is -2.06. The summed E-state index contributed by atoms with van der Waals surface area (Å²) in [4.78, 5) is 0. The van der Waals surface area contributed by atoms with Crippen molar-refractivity contribution in [2.45, 2.75) is 19.5 Å². The van der Waals surface area contributed by atoms with E-state index in [2.05, 4.69) is 34.1 Å². The predicted octanol–water partition coefficient (Wildman–Crippen LogP) is 1.80. The topological polar surface area (TPSA) is 51.1 Å². The fourth-order valence-corrected chi connectivity index (χ4v) is 2.89. The number of hydrogen-bond acceptors (Lipinski definition) is 3. The molecule has 0 spiro atoms. The fourth-order valence-electron chi connectivity index (χ4n) is 2.24. The lowest BCUT2D eigenvalue weighted by molar-refractivity contribution is 0.593. The maximum absolute atomic E-state index is 11.1. The van der Waals surface area contributed by atoms with Crippen molar-refractivity contribution in [3.63, 3.8) is 0 Å². The van der Waals surface area contributed by atoms with Gasteiger partial charge in [0.05, 0.1) is 5.75 Å². The molecule has 19 heavy (non-hydrogen) atoms. The van der Waals surface area contributed by atoms with Crippen LogP contribution in [0.15, 0.2) is 30.5 Å². The molecule has 2 aromatic rings. The average Bonchev–Trinajstić information content (AvgIpc) is 2.71. The lowest BCUT2D eigenvalue weighted by Crippen LogP contribution is -2.07. The monoisotopic (exact) mass is 280 g/mol. The molecule has 1 N–H and O–H groups in total. The number of aromatic nitrogens is 1. The summed E-state index contributed by atoms with van der Waals surface area (Å²) in [5, 5.41) is 4.33. The number of fused-ring (bicyclic) bond motifs is 1. The lowest BCUT2D eigenvalue weighted by atomic mass is 10.1. The standard InChI is InChI=1S/C14H20N2O2S/c1-15-11-12-4-5-13-6-8-16(14(13)10-12)7-3-9-19(2,17)18/h4-6,8,10,15H,3,7,9,11H2,1-2H3. The molecular weight excluding hydrogens is 260 g/mol. The van der Waals surface area contributed by atoms with E-state index in [4.69, 9.17) is 0 Å².